The van der Waals surface area contributed by atoms with Crippen LogP contribution in [0.2, 0.25) is 10.0 Å². The molecule has 3 aromatic rings. The quantitative estimate of drug-likeness (QED) is 0.191. The standard InChI is InChI=1S/C30H23Cl2F6N3O3S/c1-43-25-12-17(2-7-24(25)44-16-18-3-4-19(29(33,34)35)14-21(18)30(36,37)38)13-26-27(42)39-28(45-26)41-10-8-40(9-11-41)20-5-6-22(31)23(32)15-20/h2-7,12-15H,8-11,16H2,1H3. The molecule has 0 aliphatic carbocycles. The van der Waals surface area contributed by atoms with Crippen molar-refractivity contribution in [2.24, 2.45) is 4.99 Å². The molecule has 0 aromatic heterocycles. The highest BCUT2D eigenvalue weighted by molar-refractivity contribution is 8.18. The van der Waals surface area contributed by atoms with Crippen molar-refractivity contribution >= 4 is 57.8 Å². The lowest BCUT2D eigenvalue weighted by Crippen LogP contribution is -2.47. The Kier molecular flexibility index (Phi) is 9.52. The van der Waals surface area contributed by atoms with Crippen LogP contribution in [-0.4, -0.2) is 49.3 Å². The van der Waals surface area contributed by atoms with Gasteiger partial charge in [0.2, 0.25) is 0 Å². The first kappa shape index (κ1) is 32.8. The number of benzene rings is 3. The number of carbonyl (C=O) groups is 1. The van der Waals surface area contributed by atoms with E-state index in [9.17, 15) is 31.1 Å². The molecule has 1 fully saturated rings. The number of amidine groups is 1. The van der Waals surface area contributed by atoms with Crippen LogP contribution in [0.3, 0.4) is 0 Å². The number of carbonyl (C=O) groups excluding carboxylic acids is 1. The summed E-state index contributed by atoms with van der Waals surface area (Å²) in [7, 11) is 1.33. The highest BCUT2D eigenvalue weighted by Gasteiger charge is 2.38. The highest BCUT2D eigenvalue weighted by Crippen LogP contribution is 2.39. The molecule has 5 rings (SSSR count). The number of amides is 1. The Labute approximate surface area is 268 Å². The third-order valence-corrected chi connectivity index (χ3v) is 8.82. The minimum Gasteiger partial charge on any atom is -0.493 e. The van der Waals surface area contributed by atoms with Gasteiger partial charge in [-0.05, 0) is 65.9 Å². The van der Waals surface area contributed by atoms with Crippen molar-refractivity contribution in [3.05, 3.63) is 91.8 Å². The minimum absolute atomic E-state index is 0.0629. The number of hydrogen-bond acceptors (Lipinski definition) is 6. The Morgan fingerprint density at radius 2 is 1.58 bits per heavy atom. The van der Waals surface area contributed by atoms with Crippen molar-refractivity contribution in [3.63, 3.8) is 0 Å². The first-order valence-corrected chi connectivity index (χ1v) is 14.9. The predicted octanol–water partition coefficient (Wildman–Crippen LogP) is 8.41. The van der Waals surface area contributed by atoms with E-state index in [-0.39, 0.29) is 17.6 Å². The van der Waals surface area contributed by atoms with E-state index in [0.29, 0.717) is 57.9 Å². The number of methoxy groups -OCH3 is 1. The van der Waals surface area contributed by atoms with Gasteiger partial charge < -0.3 is 19.3 Å². The van der Waals surface area contributed by atoms with E-state index in [4.69, 9.17) is 32.7 Å². The Hall–Kier alpha value is -3.55. The van der Waals surface area contributed by atoms with Crippen LogP contribution in [0.1, 0.15) is 22.3 Å². The zero-order valence-corrected chi connectivity index (χ0v) is 25.6. The van der Waals surface area contributed by atoms with Crippen LogP contribution in [0.15, 0.2) is 64.5 Å². The SMILES string of the molecule is COc1cc(C=C2SC(N3CCN(c4ccc(Cl)c(Cl)c4)CC3)=NC2=O)ccc1OCc1ccc(C(F)(F)F)cc1C(F)(F)F. The molecular formula is C30H23Cl2F6N3O3S. The lowest BCUT2D eigenvalue weighted by molar-refractivity contribution is -0.143. The summed E-state index contributed by atoms with van der Waals surface area (Å²) in [6.07, 6.45) is -8.34. The summed E-state index contributed by atoms with van der Waals surface area (Å²) < 4.78 is 90.4. The molecule has 0 atom stereocenters. The summed E-state index contributed by atoms with van der Waals surface area (Å²) in [6.45, 7) is 1.96. The second kappa shape index (κ2) is 13.1. The average molecular weight is 690 g/mol. The topological polar surface area (TPSA) is 54.4 Å². The molecule has 2 aliphatic heterocycles. The molecular weight excluding hydrogens is 667 g/mol. The number of aliphatic imine (C=N–C) groups is 1. The summed E-state index contributed by atoms with van der Waals surface area (Å²) in [5, 5.41) is 1.52. The van der Waals surface area contributed by atoms with Crippen LogP contribution in [0.25, 0.3) is 6.08 Å². The maximum atomic E-state index is 13.5. The van der Waals surface area contributed by atoms with Crippen molar-refractivity contribution in [3.8, 4) is 11.5 Å². The van der Waals surface area contributed by atoms with Gasteiger partial charge in [-0.2, -0.15) is 31.3 Å². The zero-order chi connectivity index (χ0) is 32.5. The van der Waals surface area contributed by atoms with E-state index in [1.807, 2.05) is 17.0 Å². The molecule has 0 bridgehead atoms. The molecule has 0 unspecified atom stereocenters. The smallest absolute Gasteiger partial charge is 0.416 e. The Balaban J connectivity index is 1.24. The third-order valence-electron chi connectivity index (χ3n) is 7.04. The molecule has 0 N–H and O–H groups in total. The fourth-order valence-electron chi connectivity index (χ4n) is 4.71. The maximum absolute atomic E-state index is 13.5. The molecule has 0 saturated carbocycles. The van der Waals surface area contributed by atoms with Crippen molar-refractivity contribution in [1.29, 1.82) is 0 Å². The summed E-state index contributed by atoms with van der Waals surface area (Å²) in [5.74, 6) is -0.196. The number of halogens is 8. The zero-order valence-electron chi connectivity index (χ0n) is 23.3. The van der Waals surface area contributed by atoms with E-state index in [1.54, 1.807) is 18.2 Å². The number of thioether (sulfide) groups is 1. The number of piperazine rings is 1. The summed E-state index contributed by atoms with van der Waals surface area (Å²) in [4.78, 5) is 21.5. The van der Waals surface area contributed by atoms with Gasteiger partial charge in [-0.25, -0.2) is 0 Å². The van der Waals surface area contributed by atoms with Crippen molar-refractivity contribution in [2.75, 3.05) is 38.2 Å². The van der Waals surface area contributed by atoms with Crippen LogP contribution < -0.4 is 14.4 Å². The maximum Gasteiger partial charge on any atom is 0.416 e. The molecule has 1 saturated heterocycles. The van der Waals surface area contributed by atoms with Crippen LogP contribution in [0.5, 0.6) is 11.5 Å². The highest BCUT2D eigenvalue weighted by atomic mass is 35.5. The Morgan fingerprint density at radius 1 is 0.867 bits per heavy atom. The fraction of sp³-hybridized carbons (Fsp3) is 0.267. The third kappa shape index (κ3) is 7.64. The van der Waals surface area contributed by atoms with Gasteiger partial charge in [0, 0.05) is 37.4 Å². The van der Waals surface area contributed by atoms with E-state index >= 15 is 0 Å². The molecule has 1 amide bonds. The number of anilines is 1. The van der Waals surface area contributed by atoms with Gasteiger partial charge in [-0.3, -0.25) is 4.79 Å². The monoisotopic (exact) mass is 689 g/mol. The molecule has 3 aromatic carbocycles. The van der Waals surface area contributed by atoms with E-state index in [1.165, 1.54) is 31.0 Å². The van der Waals surface area contributed by atoms with Crippen LogP contribution >= 0.6 is 35.0 Å². The lowest BCUT2D eigenvalue weighted by Gasteiger charge is -2.36. The first-order valence-electron chi connectivity index (χ1n) is 13.3. The Morgan fingerprint density at radius 3 is 2.22 bits per heavy atom. The van der Waals surface area contributed by atoms with Crippen LogP contribution in [-0.2, 0) is 23.8 Å². The van der Waals surface area contributed by atoms with Gasteiger partial charge in [-0.1, -0.05) is 35.3 Å². The first-order chi connectivity index (χ1) is 21.2. The largest absolute Gasteiger partial charge is 0.493 e. The van der Waals surface area contributed by atoms with Gasteiger partial charge in [0.25, 0.3) is 5.91 Å². The fourth-order valence-corrected chi connectivity index (χ4v) is 5.97. The van der Waals surface area contributed by atoms with Crippen LogP contribution in [0.4, 0.5) is 32.0 Å². The van der Waals surface area contributed by atoms with Crippen molar-refractivity contribution in [2.45, 2.75) is 19.0 Å². The van der Waals surface area contributed by atoms with Crippen molar-refractivity contribution in [1.82, 2.24) is 4.90 Å². The molecule has 45 heavy (non-hydrogen) atoms. The summed E-state index contributed by atoms with van der Waals surface area (Å²) in [5.41, 5.74) is -1.84. The van der Waals surface area contributed by atoms with Gasteiger partial charge in [0.1, 0.15) is 6.61 Å². The van der Waals surface area contributed by atoms with Crippen molar-refractivity contribution < 1.29 is 40.6 Å². The molecule has 238 valence electrons. The second-order valence-electron chi connectivity index (χ2n) is 9.95. The molecule has 0 spiro atoms. The summed E-state index contributed by atoms with van der Waals surface area (Å²) in [6, 6.07) is 11.4. The van der Waals surface area contributed by atoms with Crippen LogP contribution in [0, 0.1) is 0 Å². The number of hydrogen-bond donors (Lipinski definition) is 0. The van der Waals surface area contributed by atoms with Gasteiger partial charge in [0.15, 0.2) is 16.7 Å². The summed E-state index contributed by atoms with van der Waals surface area (Å²) >= 11 is 13.4. The van der Waals surface area contributed by atoms with Gasteiger partial charge in [-0.15, -0.1) is 0 Å². The average Bonchev–Trinajstić information content (AvgIpc) is 3.36. The predicted molar refractivity (Wildman–Crippen MR) is 162 cm³/mol. The number of alkyl halides is 6. The minimum atomic E-state index is -5.02. The van der Waals surface area contributed by atoms with Gasteiger partial charge in [0.05, 0.1) is 33.2 Å². The second-order valence-corrected chi connectivity index (χ2v) is 11.8. The number of rotatable bonds is 6. The number of ether oxygens (including phenoxy) is 2. The number of nitrogens with zero attached hydrogens (tertiary/aromatic N) is 3. The molecule has 2 aliphatic rings. The van der Waals surface area contributed by atoms with Gasteiger partial charge >= 0.3 is 12.4 Å². The lowest BCUT2D eigenvalue weighted by atomic mass is 10.0. The molecule has 6 nitrogen and oxygen atoms in total. The molecule has 15 heteroatoms. The molecule has 2 heterocycles. The molecule has 0 radical (unpaired) electrons. The van der Waals surface area contributed by atoms with E-state index < -0.39 is 41.6 Å². The Bertz CT molecular complexity index is 1670. The normalized spacial score (nSPS) is 16.8. The van der Waals surface area contributed by atoms with E-state index in [2.05, 4.69) is 9.89 Å². The van der Waals surface area contributed by atoms with E-state index in [0.717, 1.165) is 11.8 Å².